The molecule has 0 saturated heterocycles. The first-order chi connectivity index (χ1) is 12.6. The number of hydrogen-bond acceptors (Lipinski definition) is 4. The third-order valence-corrected chi connectivity index (χ3v) is 4.73. The minimum absolute atomic E-state index is 0.127. The van der Waals surface area contributed by atoms with Crippen molar-refractivity contribution in [1.82, 2.24) is 10.3 Å². The molecule has 2 atom stereocenters. The van der Waals surface area contributed by atoms with Gasteiger partial charge in [-0.3, -0.25) is 9.59 Å². The van der Waals surface area contributed by atoms with E-state index in [0.29, 0.717) is 12.0 Å². The number of ketones is 1. The van der Waals surface area contributed by atoms with Gasteiger partial charge in [0.2, 0.25) is 0 Å². The van der Waals surface area contributed by atoms with Gasteiger partial charge in [-0.15, -0.1) is 0 Å². The summed E-state index contributed by atoms with van der Waals surface area (Å²) < 4.78 is 0. The van der Waals surface area contributed by atoms with Gasteiger partial charge in [0, 0.05) is 35.6 Å². The molecule has 0 aliphatic carbocycles. The van der Waals surface area contributed by atoms with Gasteiger partial charge >= 0.3 is 5.97 Å². The lowest BCUT2D eigenvalue weighted by Gasteiger charge is -2.17. The van der Waals surface area contributed by atoms with E-state index in [1.807, 2.05) is 36.5 Å². The number of aliphatic carboxylic acids is 1. The molecule has 0 fully saturated rings. The Morgan fingerprint density at radius 3 is 2.50 bits per heavy atom. The highest BCUT2D eigenvalue weighted by atomic mass is 32.1. The van der Waals surface area contributed by atoms with Crippen LogP contribution in [0.1, 0.15) is 15.9 Å². The van der Waals surface area contributed by atoms with Gasteiger partial charge in [-0.05, 0) is 11.6 Å². The van der Waals surface area contributed by atoms with E-state index in [4.69, 9.17) is 0 Å². The molecule has 134 valence electrons. The average molecular weight is 368 g/mol. The summed E-state index contributed by atoms with van der Waals surface area (Å²) in [6.45, 7) is 0.177. The molecule has 0 radical (unpaired) electrons. The van der Waals surface area contributed by atoms with E-state index in [2.05, 4.69) is 22.9 Å². The molecule has 0 spiro atoms. The standard InChI is InChI=1S/C20H20N2O3S/c23-19(13-6-2-1-3-7-13)18(26)12-22-17(20(24)25)10-14-11-21-16-9-5-4-8-15(14)16/h1-9,11,17-18,21-22,26H,10,12H2,(H,24,25)/t17-,18?/m1/s1. The number of Topliss-reactive ketones (excluding diaryl/α,β-unsaturated/α-hetero) is 1. The number of aromatic amines is 1. The Morgan fingerprint density at radius 2 is 1.77 bits per heavy atom. The smallest absolute Gasteiger partial charge is 0.321 e. The largest absolute Gasteiger partial charge is 0.480 e. The van der Waals surface area contributed by atoms with Crippen molar-refractivity contribution in [1.29, 1.82) is 0 Å². The lowest BCUT2D eigenvalue weighted by molar-refractivity contribution is -0.139. The number of hydrogen-bond donors (Lipinski definition) is 4. The number of carbonyl (C=O) groups is 2. The van der Waals surface area contributed by atoms with E-state index in [1.165, 1.54) is 0 Å². The molecule has 1 aromatic heterocycles. The molecule has 1 heterocycles. The van der Waals surface area contributed by atoms with Gasteiger partial charge in [-0.25, -0.2) is 0 Å². The molecule has 0 saturated carbocycles. The highest BCUT2D eigenvalue weighted by Gasteiger charge is 2.22. The number of carboxylic acids is 1. The van der Waals surface area contributed by atoms with Crippen LogP contribution in [-0.2, 0) is 11.2 Å². The maximum Gasteiger partial charge on any atom is 0.321 e. The van der Waals surface area contributed by atoms with Crippen LogP contribution >= 0.6 is 12.6 Å². The third kappa shape index (κ3) is 4.15. The van der Waals surface area contributed by atoms with E-state index in [0.717, 1.165) is 16.5 Å². The van der Waals surface area contributed by atoms with Crippen LogP contribution in [0.5, 0.6) is 0 Å². The molecule has 26 heavy (non-hydrogen) atoms. The molecule has 1 unspecified atom stereocenters. The highest BCUT2D eigenvalue weighted by molar-refractivity contribution is 7.81. The Hall–Kier alpha value is -2.57. The highest BCUT2D eigenvalue weighted by Crippen LogP contribution is 2.19. The molecule has 5 nitrogen and oxygen atoms in total. The summed E-state index contributed by atoms with van der Waals surface area (Å²) in [4.78, 5) is 27.1. The lowest BCUT2D eigenvalue weighted by Crippen LogP contribution is -2.43. The lowest BCUT2D eigenvalue weighted by atomic mass is 10.0. The summed E-state index contributed by atoms with van der Waals surface area (Å²) in [5.74, 6) is -1.08. The molecular weight excluding hydrogens is 348 g/mol. The average Bonchev–Trinajstić information content (AvgIpc) is 3.07. The first-order valence-corrected chi connectivity index (χ1v) is 8.86. The summed E-state index contributed by atoms with van der Waals surface area (Å²) in [5.41, 5.74) is 2.46. The van der Waals surface area contributed by atoms with Crippen LogP contribution in [0, 0.1) is 0 Å². The molecular formula is C20H20N2O3S. The van der Waals surface area contributed by atoms with Crippen LogP contribution in [0.3, 0.4) is 0 Å². The third-order valence-electron chi connectivity index (χ3n) is 4.32. The van der Waals surface area contributed by atoms with Crippen LogP contribution in [0.4, 0.5) is 0 Å². The number of rotatable bonds is 8. The molecule has 0 aliphatic heterocycles. The van der Waals surface area contributed by atoms with Crippen molar-refractivity contribution in [2.24, 2.45) is 0 Å². The summed E-state index contributed by atoms with van der Waals surface area (Å²) in [6.07, 6.45) is 2.15. The molecule has 0 bridgehead atoms. The van der Waals surface area contributed by atoms with E-state index >= 15 is 0 Å². The molecule has 0 aliphatic rings. The fourth-order valence-corrected chi connectivity index (χ4v) is 3.16. The summed E-state index contributed by atoms with van der Waals surface area (Å²) in [7, 11) is 0. The van der Waals surface area contributed by atoms with Gasteiger partial charge in [0.05, 0.1) is 5.25 Å². The molecule has 0 amide bonds. The first-order valence-electron chi connectivity index (χ1n) is 8.35. The van der Waals surface area contributed by atoms with Gasteiger partial charge in [0.25, 0.3) is 0 Å². The second kappa shape index (κ2) is 8.21. The number of carboxylic acid groups (broad SMARTS) is 1. The van der Waals surface area contributed by atoms with Gasteiger partial charge in [0.1, 0.15) is 6.04 Å². The predicted octanol–water partition coefficient (Wildman–Crippen LogP) is 2.93. The van der Waals surface area contributed by atoms with Crippen molar-refractivity contribution in [2.45, 2.75) is 17.7 Å². The minimum atomic E-state index is -0.956. The Labute approximate surface area is 156 Å². The molecule has 3 rings (SSSR count). The van der Waals surface area contributed by atoms with Crippen molar-refractivity contribution < 1.29 is 14.7 Å². The van der Waals surface area contributed by atoms with Gasteiger partial charge in [-0.2, -0.15) is 12.6 Å². The summed E-state index contributed by atoms with van der Waals surface area (Å²) >= 11 is 4.34. The maximum atomic E-state index is 12.4. The van der Waals surface area contributed by atoms with Crippen LogP contribution < -0.4 is 5.32 Å². The topological polar surface area (TPSA) is 82.2 Å². The second-order valence-electron chi connectivity index (χ2n) is 6.11. The number of benzene rings is 2. The monoisotopic (exact) mass is 368 g/mol. The zero-order chi connectivity index (χ0) is 18.5. The van der Waals surface area contributed by atoms with Crippen LogP contribution in [0.15, 0.2) is 60.8 Å². The first kappa shape index (κ1) is 18.2. The number of para-hydroxylation sites is 1. The Bertz CT molecular complexity index is 908. The predicted molar refractivity (Wildman–Crippen MR) is 105 cm³/mol. The van der Waals surface area contributed by atoms with Crippen molar-refractivity contribution in [3.05, 3.63) is 71.9 Å². The Kier molecular flexibility index (Phi) is 5.75. The zero-order valence-electron chi connectivity index (χ0n) is 14.1. The zero-order valence-corrected chi connectivity index (χ0v) is 14.9. The number of aromatic nitrogens is 1. The van der Waals surface area contributed by atoms with Crippen LogP contribution in [-0.4, -0.2) is 39.7 Å². The van der Waals surface area contributed by atoms with Gasteiger partial charge in [-0.1, -0.05) is 48.5 Å². The summed E-state index contributed by atoms with van der Waals surface area (Å²) in [5, 5.41) is 12.9. The number of fused-ring (bicyclic) bond motifs is 1. The minimum Gasteiger partial charge on any atom is -0.480 e. The van der Waals surface area contributed by atoms with Gasteiger partial charge in [0.15, 0.2) is 5.78 Å². The Balaban J connectivity index is 1.65. The van der Waals surface area contributed by atoms with Crippen molar-refractivity contribution in [3.63, 3.8) is 0 Å². The normalized spacial score (nSPS) is 13.4. The van der Waals surface area contributed by atoms with E-state index in [1.54, 1.807) is 24.3 Å². The number of H-pyrrole nitrogens is 1. The second-order valence-corrected chi connectivity index (χ2v) is 6.73. The van der Waals surface area contributed by atoms with Crippen molar-refractivity contribution in [3.8, 4) is 0 Å². The maximum absolute atomic E-state index is 12.4. The van der Waals surface area contributed by atoms with Gasteiger partial charge < -0.3 is 15.4 Å². The summed E-state index contributed by atoms with van der Waals surface area (Å²) in [6, 6.07) is 15.8. The van der Waals surface area contributed by atoms with E-state index < -0.39 is 17.3 Å². The number of thiol groups is 1. The van der Waals surface area contributed by atoms with Crippen LogP contribution in [0.2, 0.25) is 0 Å². The molecule has 3 aromatic rings. The molecule has 3 N–H and O–H groups in total. The SMILES string of the molecule is O=C(c1ccccc1)C(S)CN[C@H](Cc1c[nH]c2ccccc12)C(=O)O. The van der Waals surface area contributed by atoms with E-state index in [-0.39, 0.29) is 12.3 Å². The van der Waals surface area contributed by atoms with Crippen LogP contribution in [0.25, 0.3) is 10.9 Å². The fourth-order valence-electron chi connectivity index (χ4n) is 2.91. The van der Waals surface area contributed by atoms with Crippen molar-refractivity contribution >= 4 is 35.3 Å². The fraction of sp³-hybridized carbons (Fsp3) is 0.200. The molecule has 2 aromatic carbocycles. The number of nitrogens with one attached hydrogen (secondary N) is 2. The number of carbonyl (C=O) groups excluding carboxylic acids is 1. The van der Waals surface area contributed by atoms with Crippen molar-refractivity contribution in [2.75, 3.05) is 6.54 Å². The van der Waals surface area contributed by atoms with E-state index in [9.17, 15) is 14.7 Å². The Morgan fingerprint density at radius 1 is 1.08 bits per heavy atom. The molecule has 6 heteroatoms. The quantitative estimate of drug-likeness (QED) is 0.364.